The lowest BCUT2D eigenvalue weighted by molar-refractivity contribution is -0.118. The molecule has 0 aromatic heterocycles. The Morgan fingerprint density at radius 2 is 1.71 bits per heavy atom. The summed E-state index contributed by atoms with van der Waals surface area (Å²) >= 11 is 13.4. The van der Waals surface area contributed by atoms with E-state index in [-0.39, 0.29) is 5.91 Å². The smallest absolute Gasteiger partial charge is 0.230 e. The lowest BCUT2D eigenvalue weighted by atomic mass is 10.2. The second-order valence-corrected chi connectivity index (χ2v) is 7.38. The van der Waals surface area contributed by atoms with Crippen LogP contribution in [-0.4, -0.2) is 25.8 Å². The van der Waals surface area contributed by atoms with Gasteiger partial charge in [0.2, 0.25) is 5.91 Å². The van der Waals surface area contributed by atoms with Crippen LogP contribution in [0.1, 0.15) is 11.1 Å². The standard InChI is InChI=1S/C18H20Cl2N2OS/c1-22(2)15-6-3-13(4-7-15)10-21-18(23)12-24-11-14-5-8-16(19)17(20)9-14/h3-9H,10-12H2,1-2H3,(H,21,23). The van der Waals surface area contributed by atoms with Gasteiger partial charge in [-0.15, -0.1) is 11.8 Å². The normalized spacial score (nSPS) is 10.5. The van der Waals surface area contributed by atoms with E-state index in [0.717, 1.165) is 22.6 Å². The van der Waals surface area contributed by atoms with Crippen molar-refractivity contribution in [3.63, 3.8) is 0 Å². The van der Waals surface area contributed by atoms with Crippen molar-refractivity contribution in [2.24, 2.45) is 0 Å². The van der Waals surface area contributed by atoms with E-state index in [0.29, 0.717) is 22.3 Å². The molecule has 0 saturated heterocycles. The van der Waals surface area contributed by atoms with Gasteiger partial charge in [-0.05, 0) is 35.4 Å². The Hall–Kier alpha value is -1.36. The fraction of sp³-hybridized carbons (Fsp3) is 0.278. The number of hydrogen-bond acceptors (Lipinski definition) is 3. The van der Waals surface area contributed by atoms with Gasteiger partial charge in [0.25, 0.3) is 0 Å². The topological polar surface area (TPSA) is 32.3 Å². The molecule has 24 heavy (non-hydrogen) atoms. The van der Waals surface area contributed by atoms with E-state index in [9.17, 15) is 4.79 Å². The molecule has 0 unspecified atom stereocenters. The van der Waals surface area contributed by atoms with Gasteiger partial charge in [0, 0.05) is 32.1 Å². The summed E-state index contributed by atoms with van der Waals surface area (Å²) in [5.74, 6) is 1.16. The van der Waals surface area contributed by atoms with Gasteiger partial charge in [-0.25, -0.2) is 0 Å². The van der Waals surface area contributed by atoms with Crippen LogP contribution in [0.2, 0.25) is 10.0 Å². The maximum Gasteiger partial charge on any atom is 0.230 e. The van der Waals surface area contributed by atoms with Gasteiger partial charge >= 0.3 is 0 Å². The Kier molecular flexibility index (Phi) is 7.28. The first-order valence-electron chi connectivity index (χ1n) is 7.50. The molecule has 0 aliphatic carbocycles. The van der Waals surface area contributed by atoms with E-state index in [4.69, 9.17) is 23.2 Å². The summed E-state index contributed by atoms with van der Waals surface area (Å²) in [4.78, 5) is 14.0. The molecular weight excluding hydrogens is 363 g/mol. The van der Waals surface area contributed by atoms with Crippen LogP contribution in [0.5, 0.6) is 0 Å². The van der Waals surface area contributed by atoms with E-state index in [1.165, 1.54) is 0 Å². The van der Waals surface area contributed by atoms with Gasteiger partial charge in [-0.1, -0.05) is 41.4 Å². The van der Waals surface area contributed by atoms with Crippen LogP contribution in [0.4, 0.5) is 5.69 Å². The molecule has 1 amide bonds. The van der Waals surface area contributed by atoms with Crippen LogP contribution >= 0.6 is 35.0 Å². The number of rotatable bonds is 7. The van der Waals surface area contributed by atoms with Crippen molar-refractivity contribution in [2.45, 2.75) is 12.3 Å². The molecule has 0 bridgehead atoms. The zero-order valence-electron chi connectivity index (χ0n) is 13.7. The molecule has 1 N–H and O–H groups in total. The molecule has 0 radical (unpaired) electrons. The quantitative estimate of drug-likeness (QED) is 0.758. The summed E-state index contributed by atoms with van der Waals surface area (Å²) in [7, 11) is 4.00. The molecule has 2 aromatic rings. The van der Waals surface area contributed by atoms with Gasteiger partial charge in [0.05, 0.1) is 15.8 Å². The first kappa shape index (κ1) is 19.0. The van der Waals surface area contributed by atoms with Crippen molar-refractivity contribution in [1.29, 1.82) is 0 Å². The van der Waals surface area contributed by atoms with Crippen LogP contribution in [0.25, 0.3) is 0 Å². The number of anilines is 1. The zero-order valence-corrected chi connectivity index (χ0v) is 16.0. The van der Waals surface area contributed by atoms with Crippen molar-refractivity contribution in [3.05, 3.63) is 63.6 Å². The summed E-state index contributed by atoms with van der Waals surface area (Å²) in [6, 6.07) is 13.7. The Morgan fingerprint density at radius 1 is 1.04 bits per heavy atom. The highest BCUT2D eigenvalue weighted by Gasteiger charge is 2.04. The largest absolute Gasteiger partial charge is 0.378 e. The zero-order chi connectivity index (χ0) is 17.5. The highest BCUT2D eigenvalue weighted by molar-refractivity contribution is 7.99. The molecule has 6 heteroatoms. The van der Waals surface area contributed by atoms with Gasteiger partial charge in [-0.3, -0.25) is 4.79 Å². The molecule has 0 aliphatic rings. The lowest BCUT2D eigenvalue weighted by Crippen LogP contribution is -2.24. The summed E-state index contributed by atoms with van der Waals surface area (Å²) < 4.78 is 0. The number of halogens is 2. The van der Waals surface area contributed by atoms with Gasteiger partial charge in [0.1, 0.15) is 0 Å². The maximum atomic E-state index is 11.9. The molecular formula is C18H20Cl2N2OS. The molecule has 0 fully saturated rings. The highest BCUT2D eigenvalue weighted by atomic mass is 35.5. The van der Waals surface area contributed by atoms with Crippen molar-refractivity contribution < 1.29 is 4.79 Å². The second kappa shape index (κ2) is 9.21. The van der Waals surface area contributed by atoms with Crippen molar-refractivity contribution >= 4 is 46.6 Å². The fourth-order valence-corrected chi connectivity index (χ4v) is 3.18. The predicted octanol–water partition coefficient (Wildman–Crippen LogP) is 4.61. The summed E-state index contributed by atoms with van der Waals surface area (Å²) in [5.41, 5.74) is 3.28. The van der Waals surface area contributed by atoms with Crippen LogP contribution in [0.15, 0.2) is 42.5 Å². The predicted molar refractivity (Wildman–Crippen MR) is 105 cm³/mol. The lowest BCUT2D eigenvalue weighted by Gasteiger charge is -2.13. The Balaban J connectivity index is 1.72. The third-order valence-electron chi connectivity index (χ3n) is 3.43. The second-order valence-electron chi connectivity index (χ2n) is 5.58. The summed E-state index contributed by atoms with van der Waals surface area (Å²) in [6.07, 6.45) is 0. The van der Waals surface area contributed by atoms with Gasteiger partial charge < -0.3 is 10.2 Å². The average molecular weight is 383 g/mol. The number of carbonyl (C=O) groups is 1. The first-order valence-corrected chi connectivity index (χ1v) is 9.41. The number of nitrogens with zero attached hydrogens (tertiary/aromatic N) is 1. The number of benzene rings is 2. The third kappa shape index (κ3) is 5.93. The van der Waals surface area contributed by atoms with E-state index < -0.39 is 0 Å². The van der Waals surface area contributed by atoms with Crippen molar-refractivity contribution in [3.8, 4) is 0 Å². The van der Waals surface area contributed by atoms with E-state index in [1.807, 2.05) is 55.4 Å². The minimum atomic E-state index is 0.0248. The monoisotopic (exact) mass is 382 g/mol. The molecule has 2 rings (SSSR count). The highest BCUT2D eigenvalue weighted by Crippen LogP contribution is 2.24. The molecule has 0 atom stereocenters. The molecule has 3 nitrogen and oxygen atoms in total. The van der Waals surface area contributed by atoms with Crippen molar-refractivity contribution in [2.75, 3.05) is 24.7 Å². The maximum absolute atomic E-state index is 11.9. The minimum Gasteiger partial charge on any atom is -0.378 e. The SMILES string of the molecule is CN(C)c1ccc(CNC(=O)CSCc2ccc(Cl)c(Cl)c2)cc1. The van der Waals surface area contributed by atoms with Gasteiger partial charge in [0.15, 0.2) is 0 Å². The molecule has 2 aromatic carbocycles. The number of thioether (sulfide) groups is 1. The number of amides is 1. The van der Waals surface area contributed by atoms with Crippen LogP contribution in [0.3, 0.4) is 0 Å². The van der Waals surface area contributed by atoms with Crippen LogP contribution < -0.4 is 10.2 Å². The molecule has 0 spiro atoms. The average Bonchev–Trinajstić information content (AvgIpc) is 2.56. The van der Waals surface area contributed by atoms with Crippen LogP contribution in [-0.2, 0) is 17.1 Å². The Morgan fingerprint density at radius 3 is 2.33 bits per heavy atom. The number of nitrogens with one attached hydrogen (secondary N) is 1. The number of hydrogen-bond donors (Lipinski definition) is 1. The van der Waals surface area contributed by atoms with Crippen molar-refractivity contribution in [1.82, 2.24) is 5.32 Å². The minimum absolute atomic E-state index is 0.0248. The summed E-state index contributed by atoms with van der Waals surface area (Å²) in [6.45, 7) is 0.542. The number of carbonyl (C=O) groups excluding carboxylic acids is 1. The Bertz CT molecular complexity index is 690. The van der Waals surface area contributed by atoms with E-state index in [1.54, 1.807) is 17.8 Å². The van der Waals surface area contributed by atoms with E-state index in [2.05, 4.69) is 5.32 Å². The molecule has 0 heterocycles. The first-order chi connectivity index (χ1) is 11.5. The van der Waals surface area contributed by atoms with Gasteiger partial charge in [-0.2, -0.15) is 0 Å². The molecule has 0 aliphatic heterocycles. The summed E-state index contributed by atoms with van der Waals surface area (Å²) in [5, 5.41) is 4.02. The van der Waals surface area contributed by atoms with E-state index >= 15 is 0 Å². The molecule has 0 saturated carbocycles. The molecule has 128 valence electrons. The van der Waals surface area contributed by atoms with Crippen LogP contribution in [0, 0.1) is 0 Å². The Labute approximate surface area is 157 Å². The fourth-order valence-electron chi connectivity index (χ4n) is 2.05. The third-order valence-corrected chi connectivity index (χ3v) is 5.17.